The molecule has 0 aliphatic carbocycles. The molecule has 0 aromatic heterocycles. The number of aliphatic hydroxyl groups excluding tert-OH is 1. The lowest BCUT2D eigenvalue weighted by Gasteiger charge is -2.06. The van der Waals surface area contributed by atoms with Crippen LogP contribution in [0.1, 0.15) is 5.56 Å². The van der Waals surface area contributed by atoms with Gasteiger partial charge < -0.3 is 5.11 Å². The highest BCUT2D eigenvalue weighted by molar-refractivity contribution is 7.89. The third kappa shape index (κ3) is 2.76. The van der Waals surface area contributed by atoms with E-state index in [0.717, 1.165) is 12.1 Å². The number of aliphatic hydroxyl groups is 1. The Balaban J connectivity index is 3.10. The van der Waals surface area contributed by atoms with Gasteiger partial charge in [-0.2, -0.15) is 5.26 Å². The van der Waals surface area contributed by atoms with Gasteiger partial charge in [-0.05, 0) is 18.2 Å². The number of hydrogen-bond donors (Lipinski definition) is 2. The number of hydrogen-bond acceptors (Lipinski definition) is 4. The first-order valence-electron chi connectivity index (χ1n) is 4.31. The maximum absolute atomic E-state index is 13.3. The van der Waals surface area contributed by atoms with Crippen LogP contribution < -0.4 is 4.72 Å². The van der Waals surface area contributed by atoms with Crippen molar-refractivity contribution in [1.29, 1.82) is 5.26 Å². The normalized spacial score (nSPS) is 11.1. The fourth-order valence-corrected chi connectivity index (χ4v) is 2.12. The van der Waals surface area contributed by atoms with Crippen LogP contribution >= 0.6 is 0 Å². The van der Waals surface area contributed by atoms with Crippen LogP contribution in [-0.4, -0.2) is 26.7 Å². The molecule has 0 spiro atoms. The standard InChI is InChI=1S/C9H9FN2O3S/c10-8-5-7(6-11)1-2-9(8)16(14,15)12-3-4-13/h1-2,5,12-13H,3-4H2. The minimum atomic E-state index is -3.97. The maximum Gasteiger partial charge on any atom is 0.243 e. The van der Waals surface area contributed by atoms with Crippen LogP contribution in [0.4, 0.5) is 4.39 Å². The molecule has 0 fully saturated rings. The molecular formula is C9H9FN2O3S. The second-order valence-electron chi connectivity index (χ2n) is 2.88. The minimum absolute atomic E-state index is 0.0404. The van der Waals surface area contributed by atoms with Crippen molar-refractivity contribution in [2.45, 2.75) is 4.90 Å². The van der Waals surface area contributed by atoms with Crippen LogP contribution in [0.25, 0.3) is 0 Å². The maximum atomic E-state index is 13.3. The van der Waals surface area contributed by atoms with E-state index in [0.29, 0.717) is 0 Å². The molecule has 2 N–H and O–H groups in total. The largest absolute Gasteiger partial charge is 0.395 e. The fraction of sp³-hybridized carbons (Fsp3) is 0.222. The van der Waals surface area contributed by atoms with E-state index in [4.69, 9.17) is 10.4 Å². The van der Waals surface area contributed by atoms with Gasteiger partial charge in [-0.25, -0.2) is 17.5 Å². The van der Waals surface area contributed by atoms with Crippen molar-refractivity contribution >= 4 is 10.0 Å². The summed E-state index contributed by atoms with van der Waals surface area (Å²) in [5.74, 6) is -0.996. The SMILES string of the molecule is N#Cc1ccc(S(=O)(=O)NCCO)c(F)c1. The van der Waals surface area contributed by atoms with Crippen LogP contribution in [0, 0.1) is 17.1 Å². The number of sulfonamides is 1. The van der Waals surface area contributed by atoms with E-state index in [1.165, 1.54) is 6.07 Å². The van der Waals surface area contributed by atoms with Crippen molar-refractivity contribution < 1.29 is 17.9 Å². The molecule has 5 nitrogen and oxygen atoms in total. The monoisotopic (exact) mass is 244 g/mol. The summed E-state index contributed by atoms with van der Waals surface area (Å²) in [6.45, 7) is -0.571. The molecule has 0 heterocycles. The van der Waals surface area contributed by atoms with Gasteiger partial charge >= 0.3 is 0 Å². The third-order valence-corrected chi connectivity index (χ3v) is 3.25. The molecule has 0 atom stereocenters. The molecule has 16 heavy (non-hydrogen) atoms. The van der Waals surface area contributed by atoms with Gasteiger partial charge in [0.15, 0.2) is 0 Å². The molecule has 1 aromatic rings. The number of halogens is 1. The molecule has 1 rings (SSSR count). The van der Waals surface area contributed by atoms with Crippen molar-refractivity contribution in [1.82, 2.24) is 4.72 Å². The summed E-state index contributed by atoms with van der Waals surface area (Å²) < 4.78 is 38.3. The quantitative estimate of drug-likeness (QED) is 0.778. The number of benzene rings is 1. The van der Waals surface area contributed by atoms with Gasteiger partial charge in [-0.1, -0.05) is 0 Å². The zero-order valence-electron chi connectivity index (χ0n) is 8.14. The van der Waals surface area contributed by atoms with E-state index in [2.05, 4.69) is 0 Å². The van der Waals surface area contributed by atoms with Crippen LogP contribution in [0.2, 0.25) is 0 Å². The van der Waals surface area contributed by atoms with Gasteiger partial charge in [0, 0.05) is 6.54 Å². The van der Waals surface area contributed by atoms with Gasteiger partial charge in [0.1, 0.15) is 10.7 Å². The predicted molar refractivity (Wildman–Crippen MR) is 53.4 cm³/mol. The molecule has 0 saturated carbocycles. The predicted octanol–water partition coefficient (Wildman–Crippen LogP) is -0.0320. The van der Waals surface area contributed by atoms with Gasteiger partial charge in [0.05, 0.1) is 18.2 Å². The second-order valence-corrected chi connectivity index (χ2v) is 4.61. The molecule has 0 unspecified atom stereocenters. The summed E-state index contributed by atoms with van der Waals surface area (Å²) in [4.78, 5) is -0.542. The molecular weight excluding hydrogens is 235 g/mol. The summed E-state index contributed by atoms with van der Waals surface area (Å²) >= 11 is 0. The number of nitrogens with one attached hydrogen (secondary N) is 1. The van der Waals surface area contributed by atoms with Gasteiger partial charge in [-0.3, -0.25) is 0 Å². The summed E-state index contributed by atoms with van der Waals surface area (Å²) in [6.07, 6.45) is 0. The van der Waals surface area contributed by atoms with E-state index < -0.39 is 20.7 Å². The number of nitriles is 1. The van der Waals surface area contributed by atoms with Crippen LogP contribution in [-0.2, 0) is 10.0 Å². The topological polar surface area (TPSA) is 90.2 Å². The fourth-order valence-electron chi connectivity index (χ4n) is 1.05. The minimum Gasteiger partial charge on any atom is -0.395 e. The Labute approximate surface area is 92.2 Å². The Hall–Kier alpha value is -1.49. The van der Waals surface area contributed by atoms with E-state index in [1.807, 2.05) is 4.72 Å². The average Bonchev–Trinajstić information content (AvgIpc) is 2.25. The Morgan fingerprint density at radius 3 is 2.69 bits per heavy atom. The van der Waals surface area contributed by atoms with Crippen LogP contribution in [0.5, 0.6) is 0 Å². The lowest BCUT2D eigenvalue weighted by Crippen LogP contribution is -2.27. The highest BCUT2D eigenvalue weighted by atomic mass is 32.2. The smallest absolute Gasteiger partial charge is 0.243 e. The Kier molecular flexibility index (Phi) is 3.95. The third-order valence-electron chi connectivity index (χ3n) is 1.75. The molecule has 0 amide bonds. The average molecular weight is 244 g/mol. The number of rotatable bonds is 4. The Morgan fingerprint density at radius 2 is 2.19 bits per heavy atom. The first-order valence-corrected chi connectivity index (χ1v) is 5.80. The lowest BCUT2D eigenvalue weighted by molar-refractivity contribution is 0.301. The number of nitrogens with zero attached hydrogens (tertiary/aromatic N) is 1. The highest BCUT2D eigenvalue weighted by Crippen LogP contribution is 2.15. The molecule has 86 valence electrons. The molecule has 0 bridgehead atoms. The zero-order valence-corrected chi connectivity index (χ0v) is 8.96. The first kappa shape index (κ1) is 12.6. The zero-order chi connectivity index (χ0) is 12.2. The van der Waals surface area contributed by atoms with Crippen LogP contribution in [0.3, 0.4) is 0 Å². The van der Waals surface area contributed by atoms with Gasteiger partial charge in [0.2, 0.25) is 10.0 Å². The van der Waals surface area contributed by atoms with Crippen molar-refractivity contribution in [3.05, 3.63) is 29.6 Å². The summed E-state index contributed by atoms with van der Waals surface area (Å²) in [7, 11) is -3.97. The molecule has 0 radical (unpaired) electrons. The molecule has 0 saturated heterocycles. The first-order chi connectivity index (χ1) is 7.51. The van der Waals surface area contributed by atoms with E-state index >= 15 is 0 Å². The van der Waals surface area contributed by atoms with Gasteiger partial charge in [0.25, 0.3) is 0 Å². The van der Waals surface area contributed by atoms with E-state index in [1.54, 1.807) is 6.07 Å². The Morgan fingerprint density at radius 1 is 1.50 bits per heavy atom. The van der Waals surface area contributed by atoms with E-state index in [9.17, 15) is 12.8 Å². The van der Waals surface area contributed by atoms with Crippen molar-refractivity contribution in [3.8, 4) is 6.07 Å². The highest BCUT2D eigenvalue weighted by Gasteiger charge is 2.18. The Bertz CT molecular complexity index is 522. The second kappa shape index (κ2) is 5.03. The molecule has 7 heteroatoms. The van der Waals surface area contributed by atoms with Crippen molar-refractivity contribution in [2.75, 3.05) is 13.2 Å². The molecule has 1 aromatic carbocycles. The van der Waals surface area contributed by atoms with Crippen molar-refractivity contribution in [2.24, 2.45) is 0 Å². The molecule has 0 aliphatic heterocycles. The lowest BCUT2D eigenvalue weighted by atomic mass is 10.2. The van der Waals surface area contributed by atoms with Gasteiger partial charge in [-0.15, -0.1) is 0 Å². The van der Waals surface area contributed by atoms with Crippen LogP contribution in [0.15, 0.2) is 23.1 Å². The van der Waals surface area contributed by atoms with Crippen molar-refractivity contribution in [3.63, 3.8) is 0 Å². The van der Waals surface area contributed by atoms with E-state index in [-0.39, 0.29) is 18.7 Å². The summed E-state index contributed by atoms with van der Waals surface area (Å²) in [5.41, 5.74) is 0.0404. The summed E-state index contributed by atoms with van der Waals surface area (Å²) in [6, 6.07) is 4.75. The summed E-state index contributed by atoms with van der Waals surface area (Å²) in [5, 5.41) is 16.9. The molecule has 0 aliphatic rings.